The van der Waals surface area contributed by atoms with E-state index in [9.17, 15) is 4.79 Å². The Morgan fingerprint density at radius 3 is 2.74 bits per heavy atom. The van der Waals surface area contributed by atoms with Crippen molar-refractivity contribution in [1.29, 1.82) is 0 Å². The number of thiazole rings is 1. The first-order valence-electron chi connectivity index (χ1n) is 7.73. The van der Waals surface area contributed by atoms with Gasteiger partial charge in [-0.25, -0.2) is 4.98 Å². The van der Waals surface area contributed by atoms with Crippen LogP contribution >= 0.6 is 22.7 Å². The molecule has 2 heterocycles. The fraction of sp³-hybridized carbons (Fsp3) is 0.222. The van der Waals surface area contributed by atoms with Crippen LogP contribution in [0.25, 0.3) is 11.3 Å². The lowest BCUT2D eigenvalue weighted by Crippen LogP contribution is -2.14. The van der Waals surface area contributed by atoms with Crippen molar-refractivity contribution in [3.8, 4) is 11.3 Å². The van der Waals surface area contributed by atoms with Gasteiger partial charge in [0.25, 0.3) is 5.91 Å². The number of aromatic nitrogens is 1. The van der Waals surface area contributed by atoms with Crippen LogP contribution in [0, 0.1) is 0 Å². The van der Waals surface area contributed by atoms with Gasteiger partial charge in [-0.3, -0.25) is 10.1 Å². The summed E-state index contributed by atoms with van der Waals surface area (Å²) < 4.78 is 0. The first-order valence-corrected chi connectivity index (χ1v) is 9.49. The van der Waals surface area contributed by atoms with E-state index in [1.807, 2.05) is 41.1 Å². The second-order valence-corrected chi connectivity index (χ2v) is 7.44. The van der Waals surface area contributed by atoms with Crippen LogP contribution in [0.15, 0.2) is 41.1 Å². The summed E-state index contributed by atoms with van der Waals surface area (Å²) >= 11 is 3.18. The zero-order chi connectivity index (χ0) is 15.6. The number of rotatable bonds is 3. The molecule has 0 aliphatic heterocycles. The number of carbonyl (C=O) groups excluding carboxylic acids is 1. The van der Waals surface area contributed by atoms with Gasteiger partial charge < -0.3 is 0 Å². The Bertz CT molecular complexity index is 836. The van der Waals surface area contributed by atoms with Crippen molar-refractivity contribution in [3.63, 3.8) is 0 Å². The average Bonchev–Trinajstić information content (AvgIpc) is 3.22. The lowest BCUT2D eigenvalue weighted by molar-refractivity contribution is 0.102. The number of hydrogen-bond acceptors (Lipinski definition) is 4. The Morgan fingerprint density at radius 2 is 1.87 bits per heavy atom. The van der Waals surface area contributed by atoms with E-state index >= 15 is 0 Å². The van der Waals surface area contributed by atoms with Gasteiger partial charge in [-0.05, 0) is 31.2 Å². The number of benzene rings is 1. The smallest absolute Gasteiger partial charge is 0.258 e. The van der Waals surface area contributed by atoms with Gasteiger partial charge in [0.1, 0.15) is 0 Å². The fourth-order valence-electron chi connectivity index (χ4n) is 2.92. The molecule has 1 N–H and O–H groups in total. The largest absolute Gasteiger partial charge is 0.298 e. The number of nitrogens with one attached hydrogen (secondary N) is 1. The summed E-state index contributed by atoms with van der Waals surface area (Å²) in [6, 6.07) is 10.0. The van der Waals surface area contributed by atoms with Crippen LogP contribution < -0.4 is 5.32 Å². The average molecular weight is 340 g/mol. The summed E-state index contributed by atoms with van der Waals surface area (Å²) in [5.41, 5.74) is 4.05. The maximum Gasteiger partial charge on any atom is 0.258 e. The molecule has 3 aromatic rings. The summed E-state index contributed by atoms with van der Waals surface area (Å²) in [6.07, 6.45) is 4.55. The van der Waals surface area contributed by atoms with Gasteiger partial charge in [0, 0.05) is 21.2 Å². The lowest BCUT2D eigenvalue weighted by Gasteiger charge is -2.12. The molecule has 0 unspecified atom stereocenters. The second-order valence-electron chi connectivity index (χ2n) is 5.62. The molecular formula is C18H16N2OS2. The second kappa shape index (κ2) is 6.26. The topological polar surface area (TPSA) is 42.0 Å². The van der Waals surface area contributed by atoms with E-state index in [1.54, 1.807) is 11.3 Å². The molecule has 0 spiro atoms. The third-order valence-electron chi connectivity index (χ3n) is 4.10. The normalized spacial score (nSPS) is 13.6. The lowest BCUT2D eigenvalue weighted by atomic mass is 9.96. The highest BCUT2D eigenvalue weighted by atomic mass is 32.1. The van der Waals surface area contributed by atoms with Crippen molar-refractivity contribution < 1.29 is 4.79 Å². The van der Waals surface area contributed by atoms with E-state index in [-0.39, 0.29) is 5.91 Å². The SMILES string of the molecule is O=C(Nc1nc(-c2ccccc2)cs1)c1csc2c1CCCC2. The van der Waals surface area contributed by atoms with Crippen LogP contribution in [0.1, 0.15) is 33.6 Å². The minimum Gasteiger partial charge on any atom is -0.298 e. The van der Waals surface area contributed by atoms with Crippen molar-refractivity contribution in [1.82, 2.24) is 4.98 Å². The monoisotopic (exact) mass is 340 g/mol. The molecule has 1 aliphatic rings. The van der Waals surface area contributed by atoms with Gasteiger partial charge >= 0.3 is 0 Å². The van der Waals surface area contributed by atoms with Crippen LogP contribution in [0.2, 0.25) is 0 Å². The van der Waals surface area contributed by atoms with Gasteiger partial charge in [-0.1, -0.05) is 30.3 Å². The van der Waals surface area contributed by atoms with Crippen LogP contribution in [-0.4, -0.2) is 10.9 Å². The van der Waals surface area contributed by atoms with Crippen LogP contribution in [0.5, 0.6) is 0 Å². The first-order chi connectivity index (χ1) is 11.3. The maximum atomic E-state index is 12.6. The van der Waals surface area contributed by atoms with Crippen LogP contribution in [0.3, 0.4) is 0 Å². The molecule has 0 radical (unpaired) electrons. The standard InChI is InChI=1S/C18H16N2OS2/c21-17(14-10-22-16-9-5-4-8-13(14)16)20-18-19-15(11-23-18)12-6-2-1-3-7-12/h1-3,6-7,10-11H,4-5,8-9H2,(H,19,20,21). The third kappa shape index (κ3) is 2.94. The van der Waals surface area contributed by atoms with Crippen LogP contribution in [-0.2, 0) is 12.8 Å². The van der Waals surface area contributed by atoms with Gasteiger partial charge in [0.05, 0.1) is 11.3 Å². The molecule has 0 saturated carbocycles. The van der Waals surface area contributed by atoms with Crippen LogP contribution in [0.4, 0.5) is 5.13 Å². The number of aryl methyl sites for hydroxylation is 1. The van der Waals surface area contributed by atoms with E-state index in [4.69, 9.17) is 0 Å². The van der Waals surface area contributed by atoms with E-state index in [0.29, 0.717) is 5.13 Å². The highest BCUT2D eigenvalue weighted by Gasteiger charge is 2.20. The molecule has 1 aromatic carbocycles. The Kier molecular flexibility index (Phi) is 3.97. The molecule has 0 atom stereocenters. The molecule has 1 aliphatic carbocycles. The van der Waals surface area contributed by atoms with Crippen molar-refractivity contribution in [2.75, 3.05) is 5.32 Å². The number of hydrogen-bond donors (Lipinski definition) is 1. The van der Waals surface area contributed by atoms with Gasteiger partial charge in [-0.2, -0.15) is 0 Å². The molecule has 1 amide bonds. The molecule has 0 saturated heterocycles. The highest BCUT2D eigenvalue weighted by Crippen LogP contribution is 2.31. The first kappa shape index (κ1) is 14.6. The number of thiophene rings is 1. The van der Waals surface area contributed by atoms with Gasteiger partial charge in [0.2, 0.25) is 0 Å². The zero-order valence-electron chi connectivity index (χ0n) is 12.5. The number of fused-ring (bicyclic) bond motifs is 1. The Morgan fingerprint density at radius 1 is 1.04 bits per heavy atom. The molecule has 2 aromatic heterocycles. The number of anilines is 1. The van der Waals surface area contributed by atoms with E-state index in [1.165, 1.54) is 34.6 Å². The highest BCUT2D eigenvalue weighted by molar-refractivity contribution is 7.14. The van der Waals surface area contributed by atoms with E-state index in [0.717, 1.165) is 29.7 Å². The quantitative estimate of drug-likeness (QED) is 0.729. The number of carbonyl (C=O) groups is 1. The molecule has 0 bridgehead atoms. The Balaban J connectivity index is 1.53. The molecule has 0 fully saturated rings. The summed E-state index contributed by atoms with van der Waals surface area (Å²) in [7, 11) is 0. The van der Waals surface area contributed by atoms with Crippen molar-refractivity contribution in [3.05, 3.63) is 57.1 Å². The fourth-order valence-corrected chi connectivity index (χ4v) is 4.76. The van der Waals surface area contributed by atoms with Crippen molar-refractivity contribution >= 4 is 33.7 Å². The minimum atomic E-state index is -0.0293. The molecular weight excluding hydrogens is 324 g/mol. The maximum absolute atomic E-state index is 12.6. The molecule has 4 rings (SSSR count). The summed E-state index contributed by atoms with van der Waals surface area (Å²) in [4.78, 5) is 18.5. The predicted octanol–water partition coefficient (Wildman–Crippen LogP) is 5.00. The van der Waals surface area contributed by atoms with Gasteiger partial charge in [0.15, 0.2) is 5.13 Å². The molecule has 116 valence electrons. The Labute approximate surface area is 143 Å². The van der Waals surface area contributed by atoms with Crippen molar-refractivity contribution in [2.45, 2.75) is 25.7 Å². The number of nitrogens with zero attached hydrogens (tertiary/aromatic N) is 1. The summed E-state index contributed by atoms with van der Waals surface area (Å²) in [5, 5.41) is 7.59. The van der Waals surface area contributed by atoms with Gasteiger partial charge in [-0.15, -0.1) is 22.7 Å². The molecule has 3 nitrogen and oxygen atoms in total. The summed E-state index contributed by atoms with van der Waals surface area (Å²) in [5.74, 6) is -0.0293. The summed E-state index contributed by atoms with van der Waals surface area (Å²) in [6.45, 7) is 0. The van der Waals surface area contributed by atoms with E-state index in [2.05, 4.69) is 10.3 Å². The predicted molar refractivity (Wildman–Crippen MR) is 96.5 cm³/mol. The minimum absolute atomic E-state index is 0.0293. The third-order valence-corrected chi connectivity index (χ3v) is 5.95. The molecule has 5 heteroatoms. The van der Waals surface area contributed by atoms with E-state index < -0.39 is 0 Å². The Hall–Kier alpha value is -1.98. The van der Waals surface area contributed by atoms with Crippen molar-refractivity contribution in [2.24, 2.45) is 0 Å². The molecule has 23 heavy (non-hydrogen) atoms. The zero-order valence-corrected chi connectivity index (χ0v) is 14.2. The number of amides is 1.